The van der Waals surface area contributed by atoms with Crippen LogP contribution in [0.25, 0.3) is 16.6 Å². The van der Waals surface area contributed by atoms with Crippen molar-refractivity contribution >= 4 is 22.5 Å². The fourth-order valence-electron chi connectivity index (χ4n) is 3.41. The van der Waals surface area contributed by atoms with Gasteiger partial charge < -0.3 is 4.90 Å². The molecule has 0 saturated carbocycles. The summed E-state index contributed by atoms with van der Waals surface area (Å²) in [4.78, 5) is 18.6. The van der Waals surface area contributed by atoms with Crippen LogP contribution in [0.15, 0.2) is 42.7 Å². The summed E-state index contributed by atoms with van der Waals surface area (Å²) < 4.78 is 1.76. The summed E-state index contributed by atoms with van der Waals surface area (Å²) in [6.45, 7) is 6.98. The summed E-state index contributed by atoms with van der Waals surface area (Å²) in [5, 5.41) is 13.3. The van der Waals surface area contributed by atoms with Crippen LogP contribution in [0, 0.1) is 13.8 Å². The molecule has 1 aromatic carbocycles. The molecule has 0 atom stereocenters. The Balaban J connectivity index is 1.78. The van der Waals surface area contributed by atoms with Crippen molar-refractivity contribution in [2.75, 3.05) is 0 Å². The Kier molecular flexibility index (Phi) is 4.73. The zero-order chi connectivity index (χ0) is 19.7. The number of carbonyl (C=O) groups excluding carboxylic acids is 1. The Bertz CT molecular complexity index is 1150. The Labute approximate surface area is 163 Å². The lowest BCUT2D eigenvalue weighted by Gasteiger charge is -2.23. The Morgan fingerprint density at radius 2 is 1.96 bits per heavy atom. The van der Waals surface area contributed by atoms with Gasteiger partial charge in [-0.3, -0.25) is 9.78 Å². The maximum absolute atomic E-state index is 12.6. The molecule has 7 heteroatoms. The third kappa shape index (κ3) is 3.31. The first-order valence-corrected chi connectivity index (χ1v) is 9.34. The number of tetrazole rings is 1. The number of rotatable bonds is 5. The van der Waals surface area contributed by atoms with Crippen LogP contribution in [0.3, 0.4) is 0 Å². The number of amides is 1. The first kappa shape index (κ1) is 18.0. The number of fused-ring (bicyclic) bond motifs is 3. The molecule has 142 valence electrons. The largest absolute Gasteiger partial charge is 0.334 e. The molecule has 0 aliphatic rings. The molecule has 3 aromatic heterocycles. The predicted octanol–water partition coefficient (Wildman–Crippen LogP) is 3.23. The molecule has 0 aliphatic carbocycles. The van der Waals surface area contributed by atoms with Gasteiger partial charge in [-0.15, -0.1) is 5.10 Å². The average molecular weight is 374 g/mol. The van der Waals surface area contributed by atoms with Crippen molar-refractivity contribution in [3.63, 3.8) is 0 Å². The van der Waals surface area contributed by atoms with Gasteiger partial charge in [0.2, 0.25) is 5.91 Å². The minimum absolute atomic E-state index is 0.0784. The fourth-order valence-corrected chi connectivity index (χ4v) is 3.41. The number of hydrogen-bond donors (Lipinski definition) is 0. The second kappa shape index (κ2) is 7.34. The number of aryl methyl sites for hydroxylation is 2. The van der Waals surface area contributed by atoms with Crippen molar-refractivity contribution in [2.24, 2.45) is 0 Å². The van der Waals surface area contributed by atoms with E-state index < -0.39 is 0 Å². The number of nitrogens with zero attached hydrogens (tertiary/aromatic N) is 6. The van der Waals surface area contributed by atoms with Gasteiger partial charge in [0.1, 0.15) is 0 Å². The van der Waals surface area contributed by atoms with Crippen molar-refractivity contribution in [3.05, 3.63) is 65.0 Å². The molecule has 4 rings (SSSR count). The molecule has 0 aliphatic heterocycles. The Morgan fingerprint density at radius 3 is 2.71 bits per heavy atom. The molecule has 4 aromatic rings. The first-order valence-electron chi connectivity index (χ1n) is 9.34. The van der Waals surface area contributed by atoms with E-state index in [1.807, 2.05) is 24.0 Å². The summed E-state index contributed by atoms with van der Waals surface area (Å²) in [5.41, 5.74) is 5.96. The van der Waals surface area contributed by atoms with Crippen LogP contribution in [0.4, 0.5) is 0 Å². The highest BCUT2D eigenvalue weighted by atomic mass is 16.2. The minimum atomic E-state index is 0.0784. The van der Waals surface area contributed by atoms with Gasteiger partial charge in [-0.1, -0.05) is 13.0 Å². The standard InChI is InChI=1S/C21H22N6O/c1-4-20(28)26(12-16-6-5-7-22-11-16)13-18-10-17-8-14(2)15(3)9-19(17)27-21(18)23-24-25-27/h5-11H,4,12-13H2,1-3H3. The van der Waals surface area contributed by atoms with Crippen LogP contribution in [-0.2, 0) is 17.9 Å². The number of carbonyl (C=O) groups is 1. The lowest BCUT2D eigenvalue weighted by Crippen LogP contribution is -2.29. The molecule has 1 amide bonds. The lowest BCUT2D eigenvalue weighted by atomic mass is 10.0. The van der Waals surface area contributed by atoms with E-state index in [0.717, 1.165) is 22.0 Å². The molecule has 3 heterocycles. The van der Waals surface area contributed by atoms with Gasteiger partial charge in [0.25, 0.3) is 0 Å². The topological polar surface area (TPSA) is 76.3 Å². The van der Waals surface area contributed by atoms with E-state index in [2.05, 4.69) is 52.6 Å². The quantitative estimate of drug-likeness (QED) is 0.536. The number of aromatic nitrogens is 5. The van der Waals surface area contributed by atoms with Crippen LogP contribution in [0.1, 0.15) is 35.6 Å². The highest BCUT2D eigenvalue weighted by molar-refractivity contribution is 5.85. The van der Waals surface area contributed by atoms with Crippen molar-refractivity contribution in [1.82, 2.24) is 29.9 Å². The molecule has 0 N–H and O–H groups in total. The highest BCUT2D eigenvalue weighted by Gasteiger charge is 2.18. The van der Waals surface area contributed by atoms with Crippen molar-refractivity contribution in [1.29, 1.82) is 0 Å². The SMILES string of the molecule is CCC(=O)N(Cc1cccnc1)Cc1cc2cc(C)c(C)cc2n2nnnc12. The van der Waals surface area contributed by atoms with Gasteiger partial charge in [-0.05, 0) is 65.2 Å². The summed E-state index contributed by atoms with van der Waals surface area (Å²) in [5.74, 6) is 0.0784. The van der Waals surface area contributed by atoms with E-state index in [1.54, 1.807) is 16.9 Å². The van der Waals surface area contributed by atoms with Gasteiger partial charge >= 0.3 is 0 Å². The van der Waals surface area contributed by atoms with Crippen molar-refractivity contribution in [2.45, 2.75) is 40.3 Å². The third-order valence-corrected chi connectivity index (χ3v) is 5.07. The summed E-state index contributed by atoms with van der Waals surface area (Å²) in [7, 11) is 0. The molecule has 0 radical (unpaired) electrons. The molecular weight excluding hydrogens is 352 g/mol. The third-order valence-electron chi connectivity index (χ3n) is 5.07. The molecular formula is C21H22N6O. The van der Waals surface area contributed by atoms with Gasteiger partial charge in [-0.2, -0.15) is 4.52 Å². The predicted molar refractivity (Wildman–Crippen MR) is 107 cm³/mol. The molecule has 28 heavy (non-hydrogen) atoms. The molecule has 0 saturated heterocycles. The highest BCUT2D eigenvalue weighted by Crippen LogP contribution is 2.24. The van der Waals surface area contributed by atoms with E-state index in [0.29, 0.717) is 25.2 Å². The van der Waals surface area contributed by atoms with E-state index in [-0.39, 0.29) is 5.91 Å². The van der Waals surface area contributed by atoms with Gasteiger partial charge in [-0.25, -0.2) is 0 Å². The van der Waals surface area contributed by atoms with Crippen LogP contribution >= 0.6 is 0 Å². The average Bonchev–Trinajstić information content (AvgIpc) is 3.19. The van der Waals surface area contributed by atoms with Crippen LogP contribution in [-0.4, -0.2) is 35.8 Å². The van der Waals surface area contributed by atoms with E-state index in [9.17, 15) is 4.79 Å². The van der Waals surface area contributed by atoms with Crippen LogP contribution < -0.4 is 0 Å². The van der Waals surface area contributed by atoms with Crippen LogP contribution in [0.5, 0.6) is 0 Å². The number of benzene rings is 1. The minimum Gasteiger partial charge on any atom is -0.334 e. The number of pyridine rings is 2. The molecule has 0 spiro atoms. The zero-order valence-corrected chi connectivity index (χ0v) is 16.3. The van der Waals surface area contributed by atoms with E-state index >= 15 is 0 Å². The van der Waals surface area contributed by atoms with Crippen molar-refractivity contribution < 1.29 is 4.79 Å². The van der Waals surface area contributed by atoms with E-state index in [4.69, 9.17) is 0 Å². The maximum Gasteiger partial charge on any atom is 0.222 e. The zero-order valence-electron chi connectivity index (χ0n) is 16.3. The summed E-state index contributed by atoms with van der Waals surface area (Å²) in [6.07, 6.45) is 3.96. The smallest absolute Gasteiger partial charge is 0.222 e. The second-order valence-electron chi connectivity index (χ2n) is 7.04. The molecule has 0 fully saturated rings. The van der Waals surface area contributed by atoms with Crippen LogP contribution in [0.2, 0.25) is 0 Å². The lowest BCUT2D eigenvalue weighted by molar-refractivity contribution is -0.132. The monoisotopic (exact) mass is 374 g/mol. The molecule has 0 bridgehead atoms. The Hall–Kier alpha value is -3.35. The number of hydrogen-bond acceptors (Lipinski definition) is 5. The summed E-state index contributed by atoms with van der Waals surface area (Å²) in [6, 6.07) is 10.2. The molecule has 7 nitrogen and oxygen atoms in total. The fraction of sp³-hybridized carbons (Fsp3) is 0.286. The molecule has 0 unspecified atom stereocenters. The van der Waals surface area contributed by atoms with E-state index in [1.165, 1.54) is 11.1 Å². The first-order chi connectivity index (χ1) is 13.6. The van der Waals surface area contributed by atoms with Crippen molar-refractivity contribution in [3.8, 4) is 0 Å². The van der Waals surface area contributed by atoms with Gasteiger partial charge in [0.15, 0.2) is 5.65 Å². The Morgan fingerprint density at radius 1 is 1.14 bits per heavy atom. The summed E-state index contributed by atoms with van der Waals surface area (Å²) >= 11 is 0. The maximum atomic E-state index is 12.6. The second-order valence-corrected chi connectivity index (χ2v) is 7.04. The van der Waals surface area contributed by atoms with Gasteiger partial charge in [0, 0.05) is 42.9 Å². The van der Waals surface area contributed by atoms with Gasteiger partial charge in [0.05, 0.1) is 5.52 Å². The normalized spacial score (nSPS) is 11.2.